The fourth-order valence-corrected chi connectivity index (χ4v) is 2.01. The van der Waals surface area contributed by atoms with Gasteiger partial charge >= 0.3 is 0 Å². The van der Waals surface area contributed by atoms with E-state index in [0.29, 0.717) is 28.9 Å². The van der Waals surface area contributed by atoms with Crippen molar-refractivity contribution in [3.05, 3.63) is 28.2 Å². The third-order valence-corrected chi connectivity index (χ3v) is 3.49. The smallest absolute Gasteiger partial charge is 0.231 e. The maximum absolute atomic E-state index is 11.9. The van der Waals surface area contributed by atoms with Gasteiger partial charge in [0.1, 0.15) is 0 Å². The summed E-state index contributed by atoms with van der Waals surface area (Å²) in [6.07, 6.45) is 0. The van der Waals surface area contributed by atoms with Crippen LogP contribution in [-0.2, 0) is 9.53 Å². The Morgan fingerprint density at radius 3 is 2.82 bits per heavy atom. The first kappa shape index (κ1) is 12.6. The molecule has 0 saturated carbocycles. The van der Waals surface area contributed by atoms with Gasteiger partial charge in [0.2, 0.25) is 5.91 Å². The van der Waals surface area contributed by atoms with Gasteiger partial charge in [-0.3, -0.25) is 4.79 Å². The molecule has 0 aromatic heterocycles. The fourth-order valence-electron chi connectivity index (χ4n) is 1.67. The molecular weight excluding hydrogens is 263 g/mol. The lowest BCUT2D eigenvalue weighted by atomic mass is 10.0. The predicted octanol–water partition coefficient (Wildman–Crippen LogP) is 1.91. The van der Waals surface area contributed by atoms with E-state index in [2.05, 4.69) is 5.32 Å². The van der Waals surface area contributed by atoms with Crippen molar-refractivity contribution < 1.29 is 9.53 Å². The molecular formula is C11H12Cl2N2O2. The molecule has 1 aromatic rings. The van der Waals surface area contributed by atoms with Crippen LogP contribution in [0.15, 0.2) is 18.2 Å². The molecule has 1 aromatic carbocycles. The summed E-state index contributed by atoms with van der Waals surface area (Å²) in [5.41, 5.74) is 6.25. The molecule has 0 aliphatic carbocycles. The average molecular weight is 275 g/mol. The highest BCUT2D eigenvalue weighted by Gasteiger charge is 2.31. The van der Waals surface area contributed by atoms with Crippen molar-refractivity contribution in [2.24, 2.45) is 11.7 Å². The van der Waals surface area contributed by atoms with Gasteiger partial charge in [-0.25, -0.2) is 0 Å². The molecule has 0 bridgehead atoms. The number of hydrogen-bond donors (Lipinski definition) is 2. The van der Waals surface area contributed by atoms with E-state index in [1.54, 1.807) is 18.2 Å². The van der Waals surface area contributed by atoms with Crippen molar-refractivity contribution in [2.75, 3.05) is 18.5 Å². The lowest BCUT2D eigenvalue weighted by molar-refractivity contribution is -0.120. The molecule has 92 valence electrons. The number of carbonyl (C=O) groups is 1. The summed E-state index contributed by atoms with van der Waals surface area (Å²) in [4.78, 5) is 11.9. The maximum atomic E-state index is 11.9. The number of hydrogen-bond acceptors (Lipinski definition) is 3. The zero-order valence-electron chi connectivity index (χ0n) is 8.95. The molecule has 1 aliphatic heterocycles. The number of ether oxygens (including phenoxy) is 1. The Bertz CT molecular complexity index is 439. The highest BCUT2D eigenvalue weighted by molar-refractivity contribution is 6.44. The van der Waals surface area contributed by atoms with E-state index < -0.39 is 0 Å². The molecule has 3 N–H and O–H groups in total. The number of carbonyl (C=O) groups excluding carboxylic acids is 1. The lowest BCUT2D eigenvalue weighted by Crippen LogP contribution is -2.37. The van der Waals surface area contributed by atoms with E-state index in [1.165, 1.54) is 0 Å². The van der Waals surface area contributed by atoms with Gasteiger partial charge in [-0.2, -0.15) is 0 Å². The van der Waals surface area contributed by atoms with Crippen LogP contribution in [0.5, 0.6) is 0 Å². The number of benzene rings is 1. The van der Waals surface area contributed by atoms with Crippen LogP contribution in [0.1, 0.15) is 0 Å². The monoisotopic (exact) mass is 274 g/mol. The van der Waals surface area contributed by atoms with Crippen molar-refractivity contribution in [1.29, 1.82) is 0 Å². The Kier molecular flexibility index (Phi) is 3.89. The van der Waals surface area contributed by atoms with Crippen LogP contribution in [0.3, 0.4) is 0 Å². The van der Waals surface area contributed by atoms with E-state index in [9.17, 15) is 4.79 Å². The number of nitrogens with two attached hydrogens (primary N) is 1. The van der Waals surface area contributed by atoms with E-state index >= 15 is 0 Å². The van der Waals surface area contributed by atoms with Crippen LogP contribution in [0.2, 0.25) is 10.0 Å². The topological polar surface area (TPSA) is 64.3 Å². The molecule has 1 saturated heterocycles. The molecule has 1 fully saturated rings. The lowest BCUT2D eigenvalue weighted by Gasteiger charge is -2.14. The van der Waals surface area contributed by atoms with Crippen LogP contribution in [0.25, 0.3) is 0 Å². The van der Waals surface area contributed by atoms with Gasteiger partial charge in [0.15, 0.2) is 0 Å². The van der Waals surface area contributed by atoms with Crippen molar-refractivity contribution >= 4 is 34.8 Å². The molecule has 1 heterocycles. The number of anilines is 1. The fraction of sp³-hybridized carbons (Fsp3) is 0.364. The first-order valence-corrected chi connectivity index (χ1v) is 5.93. The van der Waals surface area contributed by atoms with Crippen molar-refractivity contribution in [2.45, 2.75) is 6.04 Å². The second kappa shape index (κ2) is 5.23. The number of rotatable bonds is 2. The highest BCUT2D eigenvalue weighted by Crippen LogP contribution is 2.30. The maximum Gasteiger partial charge on any atom is 0.231 e. The van der Waals surface area contributed by atoms with Crippen LogP contribution in [-0.4, -0.2) is 25.2 Å². The van der Waals surface area contributed by atoms with Gasteiger partial charge in [-0.1, -0.05) is 29.3 Å². The van der Waals surface area contributed by atoms with Gasteiger partial charge in [0.25, 0.3) is 0 Å². The molecule has 6 heteroatoms. The normalized spacial score (nSPS) is 23.7. The second-order valence-electron chi connectivity index (χ2n) is 3.90. The minimum Gasteiger partial charge on any atom is -0.379 e. The van der Waals surface area contributed by atoms with E-state index in [1.807, 2.05) is 0 Å². The Labute approximate surface area is 109 Å². The summed E-state index contributed by atoms with van der Waals surface area (Å²) in [6, 6.07) is 4.79. The van der Waals surface area contributed by atoms with Crippen LogP contribution in [0, 0.1) is 5.92 Å². The largest absolute Gasteiger partial charge is 0.379 e. The third-order valence-electron chi connectivity index (χ3n) is 2.67. The van der Waals surface area contributed by atoms with Gasteiger partial charge in [-0.05, 0) is 12.1 Å². The van der Waals surface area contributed by atoms with Crippen molar-refractivity contribution in [3.8, 4) is 0 Å². The minimum absolute atomic E-state index is 0.195. The Balaban J connectivity index is 2.10. The van der Waals surface area contributed by atoms with E-state index in [-0.39, 0.29) is 17.9 Å². The van der Waals surface area contributed by atoms with Crippen LogP contribution >= 0.6 is 23.2 Å². The summed E-state index contributed by atoms with van der Waals surface area (Å²) in [6.45, 7) is 0.743. The summed E-state index contributed by atoms with van der Waals surface area (Å²) in [5.74, 6) is -0.538. The zero-order chi connectivity index (χ0) is 12.4. The molecule has 17 heavy (non-hydrogen) atoms. The molecule has 0 radical (unpaired) electrons. The van der Waals surface area contributed by atoms with Crippen molar-refractivity contribution in [1.82, 2.24) is 0 Å². The molecule has 2 unspecified atom stereocenters. The Morgan fingerprint density at radius 2 is 2.18 bits per heavy atom. The molecule has 0 spiro atoms. The first-order chi connectivity index (χ1) is 8.09. The SMILES string of the molecule is NC1COCC1C(=O)Nc1cccc(Cl)c1Cl. The predicted molar refractivity (Wildman–Crippen MR) is 67.4 cm³/mol. The molecule has 1 aliphatic rings. The molecule has 4 nitrogen and oxygen atoms in total. The highest BCUT2D eigenvalue weighted by atomic mass is 35.5. The molecule has 1 amide bonds. The number of nitrogens with one attached hydrogen (secondary N) is 1. The quantitative estimate of drug-likeness (QED) is 0.866. The summed E-state index contributed by atoms with van der Waals surface area (Å²) in [5, 5.41) is 3.44. The Hall–Kier alpha value is -0.810. The van der Waals surface area contributed by atoms with Crippen molar-refractivity contribution in [3.63, 3.8) is 0 Å². The molecule has 2 atom stereocenters. The third kappa shape index (κ3) is 2.72. The van der Waals surface area contributed by atoms with Crippen LogP contribution < -0.4 is 11.1 Å². The first-order valence-electron chi connectivity index (χ1n) is 5.18. The van der Waals surface area contributed by atoms with Gasteiger partial charge < -0.3 is 15.8 Å². The van der Waals surface area contributed by atoms with E-state index in [4.69, 9.17) is 33.7 Å². The van der Waals surface area contributed by atoms with Crippen LogP contribution in [0.4, 0.5) is 5.69 Å². The Morgan fingerprint density at radius 1 is 1.41 bits per heavy atom. The number of halogens is 2. The van der Waals surface area contributed by atoms with Gasteiger partial charge in [0.05, 0.1) is 34.9 Å². The van der Waals surface area contributed by atoms with E-state index in [0.717, 1.165) is 0 Å². The zero-order valence-corrected chi connectivity index (χ0v) is 10.5. The summed E-state index contributed by atoms with van der Waals surface area (Å²) < 4.78 is 5.14. The minimum atomic E-state index is -0.343. The molecule has 2 rings (SSSR count). The number of amides is 1. The standard InChI is InChI=1S/C11H12Cl2N2O2/c12-7-2-1-3-9(10(7)13)15-11(16)6-4-17-5-8(6)14/h1-3,6,8H,4-5,14H2,(H,15,16). The van der Waals surface area contributed by atoms with Gasteiger partial charge in [-0.15, -0.1) is 0 Å². The average Bonchev–Trinajstić information content (AvgIpc) is 2.71. The summed E-state index contributed by atoms with van der Waals surface area (Å²) in [7, 11) is 0. The summed E-state index contributed by atoms with van der Waals surface area (Å²) >= 11 is 11.8. The van der Waals surface area contributed by atoms with Gasteiger partial charge in [0, 0.05) is 6.04 Å². The second-order valence-corrected chi connectivity index (χ2v) is 4.68.